The van der Waals surface area contributed by atoms with Crippen LogP contribution in [0.4, 0.5) is 4.79 Å². The minimum atomic E-state index is -0.553. The summed E-state index contributed by atoms with van der Waals surface area (Å²) in [7, 11) is 1.71. The summed E-state index contributed by atoms with van der Waals surface area (Å²) in [5.41, 5.74) is 2.59. The standard InChI is InChI=1S/C46H77NO4/c1-29(2)32-19-24-46(25-20-35(48)31(4)39(50-13)34-15-14-28-47(34)40(49)51-41(5,6)7)27-26-44(11)33(38(32)46)16-17-37-43(10)22-18-30(3)42(8,9)36(43)21-23-45(37,44)12/h30-34,36-39H,1,14-28H2,2-13H3/t30-,31-,32?,33?,34?,36?,37?,38?,39+,43-,44+,45+,46-/m0/s1. The maximum atomic E-state index is 14.2. The molecule has 13 atom stereocenters. The van der Waals surface area contributed by atoms with Gasteiger partial charge in [-0.2, -0.15) is 0 Å². The Hall–Kier alpha value is -1.36. The monoisotopic (exact) mass is 708 g/mol. The van der Waals surface area contributed by atoms with Crippen molar-refractivity contribution in [3.63, 3.8) is 0 Å². The highest BCUT2D eigenvalue weighted by Crippen LogP contribution is 2.78. The van der Waals surface area contributed by atoms with E-state index in [0.717, 1.165) is 37.0 Å². The Kier molecular flexibility index (Phi) is 10.4. The number of hydrogen-bond donors (Lipinski definition) is 0. The molecule has 1 aliphatic heterocycles. The van der Waals surface area contributed by atoms with E-state index in [2.05, 4.69) is 55.0 Å². The van der Waals surface area contributed by atoms with Crippen molar-refractivity contribution in [3.8, 4) is 0 Å². The number of allylic oxidation sites excluding steroid dienone is 1. The van der Waals surface area contributed by atoms with Crippen LogP contribution in [0.3, 0.4) is 0 Å². The Balaban J connectivity index is 1.21. The van der Waals surface area contributed by atoms with Crippen molar-refractivity contribution in [1.82, 2.24) is 4.90 Å². The van der Waals surface area contributed by atoms with Gasteiger partial charge in [0.2, 0.25) is 0 Å². The van der Waals surface area contributed by atoms with E-state index in [0.29, 0.717) is 58.2 Å². The molecule has 1 amide bonds. The third-order valence-corrected chi connectivity index (χ3v) is 18.2. The zero-order valence-corrected chi connectivity index (χ0v) is 35.1. The average Bonchev–Trinajstić information content (AvgIpc) is 3.68. The Bertz CT molecular complexity index is 1350. The number of nitrogens with zero attached hydrogens (tertiary/aromatic N) is 1. The third-order valence-electron chi connectivity index (χ3n) is 18.2. The first-order chi connectivity index (χ1) is 23.7. The van der Waals surface area contributed by atoms with E-state index < -0.39 is 5.60 Å². The highest BCUT2D eigenvalue weighted by atomic mass is 16.6. The van der Waals surface area contributed by atoms with Gasteiger partial charge in [0.1, 0.15) is 11.4 Å². The maximum absolute atomic E-state index is 14.2. The maximum Gasteiger partial charge on any atom is 0.410 e. The van der Waals surface area contributed by atoms with Gasteiger partial charge in [-0.15, -0.1) is 0 Å². The number of ketones is 1. The zero-order valence-electron chi connectivity index (χ0n) is 35.1. The lowest BCUT2D eigenvalue weighted by Crippen LogP contribution is -2.66. The second kappa shape index (κ2) is 13.4. The van der Waals surface area contributed by atoms with Crippen LogP contribution in [0, 0.1) is 68.5 Å². The number of hydrogen-bond acceptors (Lipinski definition) is 4. The molecule has 0 aromatic carbocycles. The number of rotatable bonds is 8. The smallest absolute Gasteiger partial charge is 0.410 e. The van der Waals surface area contributed by atoms with Crippen LogP contribution in [0.1, 0.15) is 166 Å². The summed E-state index contributed by atoms with van der Waals surface area (Å²) in [6.07, 6.45) is 16.1. The molecule has 5 nitrogen and oxygen atoms in total. The van der Waals surface area contributed by atoms with E-state index in [-0.39, 0.29) is 29.6 Å². The fourth-order valence-corrected chi connectivity index (χ4v) is 15.1. The predicted octanol–water partition coefficient (Wildman–Crippen LogP) is 11.7. The molecule has 0 aromatic heterocycles. The van der Waals surface area contributed by atoms with Crippen molar-refractivity contribution in [3.05, 3.63) is 12.2 Å². The summed E-state index contributed by atoms with van der Waals surface area (Å²) in [5, 5.41) is 0. The minimum absolute atomic E-state index is 0.129. The number of carbonyl (C=O) groups is 2. The van der Waals surface area contributed by atoms with Gasteiger partial charge in [-0.25, -0.2) is 4.79 Å². The summed E-state index contributed by atoms with van der Waals surface area (Å²) in [4.78, 5) is 29.2. The quantitative estimate of drug-likeness (QED) is 0.236. The largest absolute Gasteiger partial charge is 0.444 e. The Morgan fingerprint density at radius 3 is 2.24 bits per heavy atom. The summed E-state index contributed by atoms with van der Waals surface area (Å²) in [6.45, 7) is 31.3. The van der Waals surface area contributed by atoms with Crippen molar-refractivity contribution in [1.29, 1.82) is 0 Å². The number of ether oxygens (including phenoxy) is 2. The first-order valence-corrected chi connectivity index (χ1v) is 21.4. The van der Waals surface area contributed by atoms with Crippen LogP contribution in [0.15, 0.2) is 12.2 Å². The molecule has 5 saturated carbocycles. The van der Waals surface area contributed by atoms with Gasteiger partial charge < -0.3 is 14.4 Å². The van der Waals surface area contributed by atoms with Crippen LogP contribution in [0.25, 0.3) is 0 Å². The molecule has 5 heteroatoms. The number of likely N-dealkylation sites (tertiary alicyclic amines) is 1. The molecule has 1 heterocycles. The SMILES string of the molecule is C=C(C)C1CC[C@]2(CCC(=O)[C@H](C)[C@@H](OC)C3CCCN3C(=O)OC(C)(C)C)CC[C@]3(C)C(CCC4[C@@]5(C)CC[C@H](C)C(C)(C)C5CC[C@]43C)C12. The van der Waals surface area contributed by atoms with Crippen LogP contribution in [0.5, 0.6) is 0 Å². The fourth-order valence-electron chi connectivity index (χ4n) is 15.1. The molecule has 6 rings (SSSR count). The van der Waals surface area contributed by atoms with Gasteiger partial charge in [0, 0.05) is 26.0 Å². The summed E-state index contributed by atoms with van der Waals surface area (Å²) in [6, 6.07) is -0.129. The van der Waals surface area contributed by atoms with Gasteiger partial charge in [0.15, 0.2) is 0 Å². The molecular weight excluding hydrogens is 631 g/mol. The molecule has 6 aliphatic rings. The van der Waals surface area contributed by atoms with Crippen molar-refractivity contribution in [2.45, 2.75) is 184 Å². The minimum Gasteiger partial charge on any atom is -0.444 e. The summed E-state index contributed by atoms with van der Waals surface area (Å²) >= 11 is 0. The number of amides is 1. The second-order valence-electron chi connectivity index (χ2n) is 21.6. The third kappa shape index (κ3) is 6.20. The lowest BCUT2D eigenvalue weighted by molar-refractivity contribution is -0.242. The molecule has 1 saturated heterocycles. The Morgan fingerprint density at radius 1 is 0.882 bits per heavy atom. The van der Waals surface area contributed by atoms with Crippen molar-refractivity contribution >= 4 is 11.9 Å². The molecule has 290 valence electrons. The molecule has 0 aromatic rings. The van der Waals surface area contributed by atoms with Crippen LogP contribution in [-0.2, 0) is 14.3 Å². The molecule has 51 heavy (non-hydrogen) atoms. The summed E-state index contributed by atoms with van der Waals surface area (Å²) in [5.74, 6) is 4.37. The predicted molar refractivity (Wildman–Crippen MR) is 208 cm³/mol. The molecule has 5 aliphatic carbocycles. The van der Waals surface area contributed by atoms with Gasteiger partial charge >= 0.3 is 6.09 Å². The van der Waals surface area contributed by atoms with Gasteiger partial charge in [0.05, 0.1) is 12.1 Å². The fraction of sp³-hybridized carbons (Fsp3) is 0.913. The van der Waals surface area contributed by atoms with Crippen LogP contribution in [-0.4, -0.2) is 48.2 Å². The lowest BCUT2D eigenvalue weighted by atomic mass is 9.32. The number of methoxy groups -OCH3 is 1. The molecule has 0 spiro atoms. The van der Waals surface area contributed by atoms with E-state index >= 15 is 0 Å². The highest BCUT2D eigenvalue weighted by molar-refractivity contribution is 5.81. The normalized spacial score (nSPS) is 44.4. The van der Waals surface area contributed by atoms with Gasteiger partial charge in [0.25, 0.3) is 0 Å². The molecular formula is C46H77NO4. The van der Waals surface area contributed by atoms with Crippen molar-refractivity contribution < 1.29 is 19.1 Å². The molecule has 0 radical (unpaired) electrons. The van der Waals surface area contributed by atoms with E-state index in [1.165, 1.54) is 69.8 Å². The van der Waals surface area contributed by atoms with Crippen LogP contribution >= 0.6 is 0 Å². The number of carbonyl (C=O) groups excluding carboxylic acids is 2. The first kappa shape index (κ1) is 39.3. The van der Waals surface area contributed by atoms with Crippen LogP contribution < -0.4 is 0 Å². The zero-order chi connectivity index (χ0) is 37.5. The van der Waals surface area contributed by atoms with Gasteiger partial charge in [-0.05, 0) is 174 Å². The van der Waals surface area contributed by atoms with E-state index in [1.807, 2.05) is 32.6 Å². The molecule has 6 fully saturated rings. The molecule has 0 bridgehead atoms. The Morgan fingerprint density at radius 2 is 1.59 bits per heavy atom. The van der Waals surface area contributed by atoms with Gasteiger partial charge in [-0.3, -0.25) is 4.79 Å². The average molecular weight is 708 g/mol. The molecule has 0 N–H and O–H groups in total. The van der Waals surface area contributed by atoms with Crippen molar-refractivity contribution in [2.75, 3.05) is 13.7 Å². The van der Waals surface area contributed by atoms with E-state index in [9.17, 15) is 9.59 Å². The van der Waals surface area contributed by atoms with Gasteiger partial charge in [-0.1, -0.05) is 60.6 Å². The topological polar surface area (TPSA) is 55.8 Å². The summed E-state index contributed by atoms with van der Waals surface area (Å²) < 4.78 is 11.8. The Labute approximate surface area is 313 Å². The van der Waals surface area contributed by atoms with E-state index in [1.54, 1.807) is 7.11 Å². The first-order valence-electron chi connectivity index (χ1n) is 21.4. The van der Waals surface area contributed by atoms with Crippen LogP contribution in [0.2, 0.25) is 0 Å². The second-order valence-corrected chi connectivity index (χ2v) is 21.6. The number of fused-ring (bicyclic) bond motifs is 7. The lowest BCUT2D eigenvalue weighted by Gasteiger charge is -2.73. The molecule has 6 unspecified atom stereocenters. The van der Waals surface area contributed by atoms with E-state index in [4.69, 9.17) is 9.47 Å². The van der Waals surface area contributed by atoms with Crippen molar-refractivity contribution in [2.24, 2.45) is 68.5 Å². The number of Topliss-reactive ketones (excluding diaryl/α,β-unsaturated/α-hetero) is 1. The highest BCUT2D eigenvalue weighted by Gasteiger charge is 2.70.